The average Bonchev–Trinajstić information content (AvgIpc) is 3.81. The van der Waals surface area contributed by atoms with Crippen LogP contribution in [0.15, 0.2) is 128 Å². The van der Waals surface area contributed by atoms with Crippen LogP contribution in [0.5, 0.6) is 23.5 Å². The molecule has 0 aliphatic heterocycles. The van der Waals surface area contributed by atoms with Crippen LogP contribution in [0.3, 0.4) is 0 Å². The zero-order valence-electron chi connectivity index (χ0n) is 24.3. The molecule has 0 aliphatic carbocycles. The lowest BCUT2D eigenvalue weighted by atomic mass is 10.0. The van der Waals surface area contributed by atoms with Crippen molar-refractivity contribution in [2.24, 2.45) is 0 Å². The van der Waals surface area contributed by atoms with E-state index in [2.05, 4.69) is 9.97 Å². The molecule has 0 saturated carbocycles. The molecule has 8 nitrogen and oxygen atoms in total. The first-order valence-electron chi connectivity index (χ1n) is 14.4. The minimum atomic E-state index is -0.0624. The van der Waals surface area contributed by atoms with Crippen LogP contribution in [0.2, 0.25) is 0 Å². The monoisotopic (exact) mass is 692 g/mol. The summed E-state index contributed by atoms with van der Waals surface area (Å²) in [6.45, 7) is 0. The fourth-order valence-electron chi connectivity index (χ4n) is 5.33. The summed E-state index contributed by atoms with van der Waals surface area (Å²) in [5.74, 6) is -0.221. The summed E-state index contributed by atoms with van der Waals surface area (Å²) >= 11 is 5.71. The van der Waals surface area contributed by atoms with Gasteiger partial charge in [-0.25, -0.2) is 9.97 Å². The number of hydrogen-bond donors (Lipinski definition) is 4. The van der Waals surface area contributed by atoms with Gasteiger partial charge in [-0.05, 0) is 66.1 Å². The normalized spacial score (nSPS) is 11.6. The first kappa shape index (κ1) is 29.5. The molecule has 0 saturated heterocycles. The quantitative estimate of drug-likeness (QED) is 0.125. The Hall–Kier alpha value is -4.88. The summed E-state index contributed by atoms with van der Waals surface area (Å²) in [5, 5.41) is 43.3. The molecule has 4 aromatic carbocycles. The molecule has 4 heterocycles. The number of benzene rings is 4. The van der Waals surface area contributed by atoms with Crippen molar-refractivity contribution >= 4 is 66.6 Å². The summed E-state index contributed by atoms with van der Waals surface area (Å²) in [7, 11) is 0. The van der Waals surface area contributed by atoms with E-state index in [0.717, 1.165) is 40.2 Å². The summed E-state index contributed by atoms with van der Waals surface area (Å²) in [6.07, 6.45) is 0.644. The van der Waals surface area contributed by atoms with Gasteiger partial charge in [0.05, 0.1) is 41.6 Å². The van der Waals surface area contributed by atoms with Crippen molar-refractivity contribution in [2.75, 3.05) is 0 Å². The predicted molar refractivity (Wildman–Crippen MR) is 188 cm³/mol. The fraction of sp³-hybridized carbons (Fsp3) is 0.0286. The van der Waals surface area contributed by atoms with Crippen molar-refractivity contribution in [1.29, 1.82) is 0 Å². The standard InChI is InChI=1S/C35H24N4O4S4/c40-30-18-28(46-34-36-24-5-1-3-7-26(24)44-34)32(42)38(30)22-13-9-20(10-14-22)17-21-11-15-23(16-12-21)39-31(41)19-29(33(39)43)47-35-37-25-6-2-4-8-27(25)45-35/h1-16,18-19,40-43H,17H2. The Labute approximate surface area is 284 Å². The van der Waals surface area contributed by atoms with Gasteiger partial charge < -0.3 is 20.4 Å². The molecule has 0 spiro atoms. The van der Waals surface area contributed by atoms with E-state index in [9.17, 15) is 20.4 Å². The van der Waals surface area contributed by atoms with Gasteiger partial charge in [-0.1, -0.05) is 72.1 Å². The Morgan fingerprint density at radius 2 is 0.936 bits per heavy atom. The van der Waals surface area contributed by atoms with Crippen LogP contribution in [0, 0.1) is 0 Å². The number of aromatic hydroxyl groups is 4. The highest BCUT2D eigenvalue weighted by atomic mass is 32.2. The first-order chi connectivity index (χ1) is 22.9. The molecule has 8 aromatic rings. The number of para-hydroxylation sites is 2. The first-order valence-corrected chi connectivity index (χ1v) is 17.7. The second-order valence-corrected chi connectivity index (χ2v) is 15.3. The zero-order valence-corrected chi connectivity index (χ0v) is 27.6. The van der Waals surface area contributed by atoms with Crippen LogP contribution in [-0.4, -0.2) is 39.5 Å². The molecule has 0 amide bonds. The maximum absolute atomic E-state index is 11.0. The molecule has 0 atom stereocenters. The van der Waals surface area contributed by atoms with Crippen LogP contribution in [0.25, 0.3) is 31.8 Å². The molecule has 0 aliphatic rings. The molecule has 0 bridgehead atoms. The molecule has 0 fully saturated rings. The van der Waals surface area contributed by atoms with E-state index >= 15 is 0 Å². The molecule has 232 valence electrons. The van der Waals surface area contributed by atoms with E-state index < -0.39 is 0 Å². The Morgan fingerprint density at radius 1 is 0.532 bits per heavy atom. The number of thiazole rings is 2. The highest BCUT2D eigenvalue weighted by Crippen LogP contribution is 2.44. The predicted octanol–water partition coefficient (Wildman–Crippen LogP) is 9.20. The Morgan fingerprint density at radius 3 is 1.34 bits per heavy atom. The largest absolute Gasteiger partial charge is 0.494 e. The fourth-order valence-corrected chi connectivity index (χ4v) is 9.49. The summed E-state index contributed by atoms with van der Waals surface area (Å²) in [6, 6.07) is 34.1. The summed E-state index contributed by atoms with van der Waals surface area (Å²) < 4.78 is 6.52. The average molecular weight is 693 g/mol. The second-order valence-electron chi connectivity index (χ2n) is 10.7. The molecule has 4 aromatic heterocycles. The SMILES string of the molecule is Oc1cc(Sc2nc3ccccc3s2)c(O)n1-c1ccc(Cc2ccc(-n3c(O)cc(Sc4nc5ccccc5s4)c3O)cc2)cc1. The molecule has 12 heteroatoms. The third-order valence-electron chi connectivity index (χ3n) is 7.58. The maximum atomic E-state index is 11.0. The smallest absolute Gasteiger partial charge is 0.213 e. The van der Waals surface area contributed by atoms with Crippen molar-refractivity contribution in [2.45, 2.75) is 24.9 Å². The maximum Gasteiger partial charge on any atom is 0.213 e. The number of fused-ring (bicyclic) bond motifs is 2. The van der Waals surface area contributed by atoms with E-state index in [1.807, 2.05) is 97.1 Å². The number of rotatable bonds is 8. The Kier molecular flexibility index (Phi) is 7.57. The van der Waals surface area contributed by atoms with Gasteiger partial charge in [0.1, 0.15) is 0 Å². The van der Waals surface area contributed by atoms with Crippen LogP contribution < -0.4 is 0 Å². The summed E-state index contributed by atoms with van der Waals surface area (Å²) in [4.78, 5) is 10.3. The third kappa shape index (κ3) is 5.69. The van der Waals surface area contributed by atoms with Gasteiger partial charge in [0.2, 0.25) is 11.8 Å². The van der Waals surface area contributed by atoms with Gasteiger partial charge in [0.15, 0.2) is 20.4 Å². The van der Waals surface area contributed by atoms with Crippen molar-refractivity contribution in [3.63, 3.8) is 0 Å². The minimum absolute atomic E-state index is 0.0479. The molecule has 47 heavy (non-hydrogen) atoms. The highest BCUT2D eigenvalue weighted by molar-refractivity contribution is 8.01. The number of hydrogen-bond acceptors (Lipinski definition) is 10. The Bertz CT molecular complexity index is 2160. The van der Waals surface area contributed by atoms with Gasteiger partial charge in [-0.3, -0.25) is 9.13 Å². The number of aromatic nitrogens is 4. The zero-order chi connectivity index (χ0) is 32.1. The van der Waals surface area contributed by atoms with Crippen LogP contribution in [0.4, 0.5) is 0 Å². The molecular weight excluding hydrogens is 669 g/mol. The van der Waals surface area contributed by atoms with E-state index in [4.69, 9.17) is 0 Å². The van der Waals surface area contributed by atoms with Crippen molar-refractivity contribution in [3.05, 3.63) is 120 Å². The summed E-state index contributed by atoms with van der Waals surface area (Å²) in [5.41, 5.74) is 5.15. The number of nitrogens with zero attached hydrogens (tertiary/aromatic N) is 4. The van der Waals surface area contributed by atoms with Gasteiger partial charge in [-0.15, -0.1) is 22.7 Å². The van der Waals surface area contributed by atoms with Crippen LogP contribution >= 0.6 is 46.2 Å². The topological polar surface area (TPSA) is 117 Å². The van der Waals surface area contributed by atoms with Gasteiger partial charge in [-0.2, -0.15) is 0 Å². The van der Waals surface area contributed by atoms with Gasteiger partial charge >= 0.3 is 0 Å². The molecule has 0 unspecified atom stereocenters. The van der Waals surface area contributed by atoms with E-state index in [1.54, 1.807) is 12.1 Å². The molecular formula is C35H24N4O4S4. The van der Waals surface area contributed by atoms with Gasteiger partial charge in [0.25, 0.3) is 0 Å². The minimum Gasteiger partial charge on any atom is -0.494 e. The lowest BCUT2D eigenvalue weighted by Crippen LogP contribution is -1.96. The lowest BCUT2D eigenvalue weighted by molar-refractivity contribution is 0.397. The van der Waals surface area contributed by atoms with Crippen molar-refractivity contribution in [3.8, 4) is 34.9 Å². The molecule has 8 rings (SSSR count). The lowest BCUT2D eigenvalue weighted by Gasteiger charge is -2.10. The second kappa shape index (κ2) is 12.0. The molecule has 4 N–H and O–H groups in total. The molecule has 0 radical (unpaired) electrons. The van der Waals surface area contributed by atoms with Crippen LogP contribution in [0.1, 0.15) is 11.1 Å². The van der Waals surface area contributed by atoms with E-state index in [1.165, 1.54) is 55.3 Å². The third-order valence-corrected chi connectivity index (χ3v) is 11.8. The van der Waals surface area contributed by atoms with Gasteiger partial charge in [0, 0.05) is 12.1 Å². The van der Waals surface area contributed by atoms with Crippen molar-refractivity contribution in [1.82, 2.24) is 19.1 Å². The van der Waals surface area contributed by atoms with E-state index in [0.29, 0.717) is 27.6 Å². The van der Waals surface area contributed by atoms with Crippen molar-refractivity contribution < 1.29 is 20.4 Å². The Balaban J connectivity index is 0.962. The highest BCUT2D eigenvalue weighted by Gasteiger charge is 2.20. The van der Waals surface area contributed by atoms with Crippen LogP contribution in [-0.2, 0) is 6.42 Å². The van der Waals surface area contributed by atoms with E-state index in [-0.39, 0.29) is 23.5 Å².